The lowest BCUT2D eigenvalue weighted by molar-refractivity contribution is 0.0398. The lowest BCUT2D eigenvalue weighted by Crippen LogP contribution is -2.39. The monoisotopic (exact) mass is 335 g/mol. The molecule has 2 N–H and O–H groups in total. The Morgan fingerprint density at radius 3 is 3.00 bits per heavy atom. The number of amides is 1. The van der Waals surface area contributed by atoms with Crippen LogP contribution in [0.5, 0.6) is 0 Å². The summed E-state index contributed by atoms with van der Waals surface area (Å²) in [6.45, 7) is 6.44. The van der Waals surface area contributed by atoms with Crippen LogP contribution in [0.4, 0.5) is 5.95 Å². The number of nitrogens with one attached hydrogen (secondary N) is 2. The van der Waals surface area contributed by atoms with E-state index in [1.54, 1.807) is 12.3 Å². The van der Waals surface area contributed by atoms with E-state index in [0.717, 1.165) is 58.8 Å². The Morgan fingerprint density at radius 2 is 2.21 bits per heavy atom. The van der Waals surface area contributed by atoms with E-state index in [4.69, 9.17) is 9.47 Å². The molecule has 2 aliphatic rings. The maximum absolute atomic E-state index is 12.2. The molecule has 132 valence electrons. The highest BCUT2D eigenvalue weighted by atomic mass is 16.5. The number of carbonyl (C=O) groups excluding carboxylic acids is 1. The van der Waals surface area contributed by atoms with Crippen LogP contribution in [0.15, 0.2) is 12.3 Å². The van der Waals surface area contributed by atoms with Gasteiger partial charge in [0.2, 0.25) is 5.95 Å². The number of nitrogens with zero attached hydrogens (tertiary/aromatic N) is 3. The molecule has 2 aliphatic heterocycles. The number of anilines is 1. The van der Waals surface area contributed by atoms with Crippen LogP contribution in [-0.4, -0.2) is 79.4 Å². The number of rotatable bonds is 7. The molecule has 0 radical (unpaired) electrons. The van der Waals surface area contributed by atoms with Crippen molar-refractivity contribution in [1.82, 2.24) is 20.2 Å². The topological polar surface area (TPSA) is 88.6 Å². The van der Waals surface area contributed by atoms with Gasteiger partial charge >= 0.3 is 0 Å². The van der Waals surface area contributed by atoms with E-state index in [2.05, 4.69) is 25.5 Å². The Balaban J connectivity index is 1.43. The van der Waals surface area contributed by atoms with Crippen LogP contribution in [0.1, 0.15) is 23.3 Å². The molecule has 0 aromatic carbocycles. The van der Waals surface area contributed by atoms with Crippen molar-refractivity contribution in [2.45, 2.75) is 18.9 Å². The molecule has 24 heavy (non-hydrogen) atoms. The highest BCUT2D eigenvalue weighted by Crippen LogP contribution is 2.10. The Kier molecular flexibility index (Phi) is 6.33. The SMILES string of the molecule is O=C(NCC1CCCO1)c1ccnc(NCCN2CCOCC2)n1. The zero-order valence-corrected chi connectivity index (χ0v) is 13.9. The van der Waals surface area contributed by atoms with Gasteiger partial charge in [0.05, 0.1) is 19.3 Å². The van der Waals surface area contributed by atoms with Gasteiger partial charge in [-0.15, -0.1) is 0 Å². The first-order chi connectivity index (χ1) is 11.8. The van der Waals surface area contributed by atoms with Gasteiger partial charge in [0, 0.05) is 45.5 Å². The predicted octanol–water partition coefficient (Wildman–Crippen LogP) is 0.130. The minimum absolute atomic E-state index is 0.127. The van der Waals surface area contributed by atoms with Gasteiger partial charge in [-0.2, -0.15) is 0 Å². The first-order valence-electron chi connectivity index (χ1n) is 8.58. The average molecular weight is 335 g/mol. The highest BCUT2D eigenvalue weighted by molar-refractivity contribution is 5.92. The Bertz CT molecular complexity index is 530. The fourth-order valence-electron chi connectivity index (χ4n) is 2.82. The van der Waals surface area contributed by atoms with Gasteiger partial charge in [-0.3, -0.25) is 9.69 Å². The first kappa shape index (κ1) is 17.1. The summed E-state index contributed by atoms with van der Waals surface area (Å²) < 4.78 is 10.8. The van der Waals surface area contributed by atoms with Gasteiger partial charge in [-0.25, -0.2) is 9.97 Å². The van der Waals surface area contributed by atoms with E-state index < -0.39 is 0 Å². The second-order valence-corrected chi connectivity index (χ2v) is 5.99. The molecule has 1 aromatic rings. The Labute approximate surface area is 141 Å². The molecule has 8 heteroatoms. The summed E-state index contributed by atoms with van der Waals surface area (Å²) in [7, 11) is 0. The van der Waals surface area contributed by atoms with Crippen LogP contribution in [0, 0.1) is 0 Å². The third-order valence-corrected chi connectivity index (χ3v) is 4.22. The van der Waals surface area contributed by atoms with Gasteiger partial charge in [-0.05, 0) is 18.9 Å². The molecule has 1 amide bonds. The molecule has 3 heterocycles. The van der Waals surface area contributed by atoms with Crippen LogP contribution in [-0.2, 0) is 9.47 Å². The molecule has 1 atom stereocenters. The summed E-state index contributed by atoms with van der Waals surface area (Å²) in [6, 6.07) is 1.62. The molecule has 1 aromatic heterocycles. The molecule has 8 nitrogen and oxygen atoms in total. The molecule has 2 saturated heterocycles. The number of carbonyl (C=O) groups is 1. The van der Waals surface area contributed by atoms with E-state index in [0.29, 0.717) is 18.2 Å². The normalized spacial score (nSPS) is 21.6. The standard InChI is InChI=1S/C16H25N5O3/c22-15(19-12-13-2-1-9-24-13)14-3-4-17-16(20-14)18-5-6-21-7-10-23-11-8-21/h3-4,13H,1-2,5-12H2,(H,19,22)(H,17,18,20). The molecular weight excluding hydrogens is 310 g/mol. The lowest BCUT2D eigenvalue weighted by atomic mass is 10.2. The summed E-state index contributed by atoms with van der Waals surface area (Å²) in [6.07, 6.45) is 3.79. The van der Waals surface area contributed by atoms with E-state index in [-0.39, 0.29) is 12.0 Å². The van der Waals surface area contributed by atoms with Crippen molar-refractivity contribution in [1.29, 1.82) is 0 Å². The molecule has 3 rings (SSSR count). The minimum atomic E-state index is -0.191. The first-order valence-corrected chi connectivity index (χ1v) is 8.58. The molecule has 0 aliphatic carbocycles. The molecule has 0 spiro atoms. The average Bonchev–Trinajstić information content (AvgIpc) is 3.14. The fraction of sp³-hybridized carbons (Fsp3) is 0.688. The summed E-state index contributed by atoms with van der Waals surface area (Å²) in [5.74, 6) is 0.289. The molecule has 0 saturated carbocycles. The van der Waals surface area contributed by atoms with Crippen molar-refractivity contribution < 1.29 is 14.3 Å². The summed E-state index contributed by atoms with van der Waals surface area (Å²) >= 11 is 0. The van der Waals surface area contributed by atoms with E-state index >= 15 is 0 Å². The second kappa shape index (κ2) is 8.91. The summed E-state index contributed by atoms with van der Waals surface area (Å²) in [5, 5.41) is 6.05. The maximum atomic E-state index is 12.2. The second-order valence-electron chi connectivity index (χ2n) is 5.99. The zero-order valence-electron chi connectivity index (χ0n) is 13.9. The zero-order chi connectivity index (χ0) is 16.6. The quantitative estimate of drug-likeness (QED) is 0.732. The number of hydrogen-bond donors (Lipinski definition) is 2. The van der Waals surface area contributed by atoms with Gasteiger partial charge in [0.25, 0.3) is 5.91 Å². The minimum Gasteiger partial charge on any atom is -0.379 e. The van der Waals surface area contributed by atoms with Crippen LogP contribution in [0.3, 0.4) is 0 Å². The molecular formula is C16H25N5O3. The third kappa shape index (κ3) is 5.12. The van der Waals surface area contributed by atoms with E-state index in [9.17, 15) is 4.79 Å². The number of hydrogen-bond acceptors (Lipinski definition) is 7. The smallest absolute Gasteiger partial charge is 0.270 e. The number of aromatic nitrogens is 2. The summed E-state index contributed by atoms with van der Waals surface area (Å²) in [4.78, 5) is 23.0. The maximum Gasteiger partial charge on any atom is 0.270 e. The van der Waals surface area contributed by atoms with Crippen molar-refractivity contribution >= 4 is 11.9 Å². The van der Waals surface area contributed by atoms with Gasteiger partial charge in [0.1, 0.15) is 5.69 Å². The Morgan fingerprint density at radius 1 is 1.33 bits per heavy atom. The van der Waals surface area contributed by atoms with E-state index in [1.165, 1.54) is 0 Å². The highest BCUT2D eigenvalue weighted by Gasteiger charge is 2.17. The van der Waals surface area contributed by atoms with Crippen molar-refractivity contribution in [2.24, 2.45) is 0 Å². The van der Waals surface area contributed by atoms with E-state index in [1.807, 2.05) is 0 Å². The third-order valence-electron chi connectivity index (χ3n) is 4.22. The van der Waals surface area contributed by atoms with Gasteiger partial charge in [-0.1, -0.05) is 0 Å². The van der Waals surface area contributed by atoms with Crippen molar-refractivity contribution in [3.63, 3.8) is 0 Å². The number of ether oxygens (including phenoxy) is 2. The Hall–Kier alpha value is -1.77. The van der Waals surface area contributed by atoms with Crippen LogP contribution >= 0.6 is 0 Å². The van der Waals surface area contributed by atoms with Crippen molar-refractivity contribution in [2.75, 3.05) is 57.9 Å². The van der Waals surface area contributed by atoms with Gasteiger partial charge in [0.15, 0.2) is 0 Å². The molecule has 1 unspecified atom stereocenters. The van der Waals surface area contributed by atoms with Crippen LogP contribution in [0.25, 0.3) is 0 Å². The van der Waals surface area contributed by atoms with Gasteiger partial charge < -0.3 is 20.1 Å². The molecule has 0 bridgehead atoms. The largest absolute Gasteiger partial charge is 0.379 e. The van der Waals surface area contributed by atoms with Crippen LogP contribution < -0.4 is 10.6 Å². The predicted molar refractivity (Wildman–Crippen MR) is 89.1 cm³/mol. The van der Waals surface area contributed by atoms with Crippen molar-refractivity contribution in [3.8, 4) is 0 Å². The van der Waals surface area contributed by atoms with Crippen LogP contribution in [0.2, 0.25) is 0 Å². The van der Waals surface area contributed by atoms with Crippen molar-refractivity contribution in [3.05, 3.63) is 18.0 Å². The lowest BCUT2D eigenvalue weighted by Gasteiger charge is -2.26. The molecule has 2 fully saturated rings. The summed E-state index contributed by atoms with van der Waals surface area (Å²) in [5.41, 5.74) is 0.372. The fourth-order valence-corrected chi connectivity index (χ4v) is 2.82. The number of morpholine rings is 1.